The molecule has 0 bridgehead atoms. The molecule has 2 aliphatic rings. The lowest BCUT2D eigenvalue weighted by molar-refractivity contribution is -0.111. The van der Waals surface area contributed by atoms with E-state index in [1.54, 1.807) is 38.1 Å². The Hall–Kier alpha value is -2.83. The molecule has 0 amide bonds. The Balaban J connectivity index is 1.71. The van der Waals surface area contributed by atoms with Gasteiger partial charge in [0.1, 0.15) is 41.2 Å². The lowest BCUT2D eigenvalue weighted by atomic mass is 9.86. The van der Waals surface area contributed by atoms with Crippen molar-refractivity contribution in [2.75, 3.05) is 0 Å². The minimum atomic E-state index is -1.11. The lowest BCUT2D eigenvalue weighted by Gasteiger charge is -2.40. The average molecular weight is 424 g/mol. The van der Waals surface area contributed by atoms with Crippen molar-refractivity contribution in [3.8, 4) is 17.2 Å². The summed E-state index contributed by atoms with van der Waals surface area (Å²) in [6.07, 6.45) is -0.196. The highest BCUT2D eigenvalue weighted by molar-refractivity contribution is 6.00. The maximum absolute atomic E-state index is 12.9. The van der Waals surface area contributed by atoms with E-state index in [0.717, 1.165) is 5.57 Å². The van der Waals surface area contributed by atoms with Crippen LogP contribution in [0.2, 0.25) is 0 Å². The topological polar surface area (TPSA) is 96.2 Å². The van der Waals surface area contributed by atoms with Crippen molar-refractivity contribution in [2.45, 2.75) is 64.4 Å². The van der Waals surface area contributed by atoms with Crippen LogP contribution in [0.15, 0.2) is 42.0 Å². The fourth-order valence-electron chi connectivity index (χ4n) is 4.11. The summed E-state index contributed by atoms with van der Waals surface area (Å²) in [5.41, 5.74) is 2.39. The van der Waals surface area contributed by atoms with Crippen molar-refractivity contribution in [1.82, 2.24) is 0 Å². The smallest absolute Gasteiger partial charge is 0.170 e. The van der Waals surface area contributed by atoms with Gasteiger partial charge in [0.05, 0.1) is 12.0 Å². The van der Waals surface area contributed by atoms with Crippen LogP contribution in [-0.4, -0.2) is 32.8 Å². The molecule has 6 heteroatoms. The number of carbonyl (C=O) groups is 1. The summed E-state index contributed by atoms with van der Waals surface area (Å²) >= 11 is 0. The maximum atomic E-state index is 12.9. The van der Waals surface area contributed by atoms with Gasteiger partial charge in [0.25, 0.3) is 0 Å². The van der Waals surface area contributed by atoms with E-state index in [2.05, 4.69) is 0 Å². The molecule has 0 radical (unpaired) electrons. The molecule has 4 rings (SSSR count). The van der Waals surface area contributed by atoms with Gasteiger partial charge in [0, 0.05) is 11.1 Å². The van der Waals surface area contributed by atoms with Gasteiger partial charge >= 0.3 is 0 Å². The molecule has 2 aliphatic heterocycles. The number of hydrogen-bond acceptors (Lipinski definition) is 6. The van der Waals surface area contributed by atoms with Gasteiger partial charge in [-0.3, -0.25) is 4.79 Å². The van der Waals surface area contributed by atoms with Crippen LogP contribution < -0.4 is 9.47 Å². The second-order valence-electron chi connectivity index (χ2n) is 9.05. The van der Waals surface area contributed by atoms with Crippen LogP contribution in [0, 0.1) is 0 Å². The summed E-state index contributed by atoms with van der Waals surface area (Å²) in [5, 5.41) is 31.4. The largest absolute Gasteiger partial charge is 0.508 e. The Labute approximate surface area is 181 Å². The summed E-state index contributed by atoms with van der Waals surface area (Å²) in [7, 11) is 0. The highest BCUT2D eigenvalue weighted by Gasteiger charge is 2.42. The molecule has 2 aromatic carbocycles. The van der Waals surface area contributed by atoms with Gasteiger partial charge in [0.2, 0.25) is 0 Å². The van der Waals surface area contributed by atoms with Gasteiger partial charge in [-0.15, -0.1) is 0 Å². The van der Waals surface area contributed by atoms with Gasteiger partial charge in [-0.05, 0) is 63.9 Å². The number of hydrogen-bond donors (Lipinski definition) is 3. The van der Waals surface area contributed by atoms with Crippen molar-refractivity contribution in [2.24, 2.45) is 0 Å². The van der Waals surface area contributed by atoms with E-state index >= 15 is 0 Å². The number of Topliss-reactive ketones (excluding diaryl/α,β-unsaturated/α-hetero) is 1. The zero-order chi connectivity index (χ0) is 22.5. The first kappa shape index (κ1) is 21.4. The summed E-state index contributed by atoms with van der Waals surface area (Å²) < 4.78 is 12.1. The lowest BCUT2D eigenvalue weighted by Crippen LogP contribution is -2.48. The molecule has 3 N–H and O–H groups in total. The monoisotopic (exact) mass is 424 g/mol. The minimum Gasteiger partial charge on any atom is -0.508 e. The number of ketones is 1. The number of rotatable bonds is 3. The van der Waals surface area contributed by atoms with Crippen LogP contribution >= 0.6 is 0 Å². The first-order valence-corrected chi connectivity index (χ1v) is 10.5. The van der Waals surface area contributed by atoms with Crippen LogP contribution in [0.3, 0.4) is 0 Å². The van der Waals surface area contributed by atoms with Crippen molar-refractivity contribution in [3.63, 3.8) is 0 Å². The first-order chi connectivity index (χ1) is 14.6. The Bertz CT molecular complexity index is 1060. The number of aliphatic hydroxyl groups excluding tert-OH is 2. The van der Waals surface area contributed by atoms with Crippen molar-refractivity contribution in [1.29, 1.82) is 0 Å². The summed E-state index contributed by atoms with van der Waals surface area (Å²) in [5.74, 6) is 0.912. The van der Waals surface area contributed by atoms with Crippen LogP contribution in [0.1, 0.15) is 73.4 Å². The summed E-state index contributed by atoms with van der Waals surface area (Å²) in [6, 6.07) is 8.39. The number of aliphatic hydroxyl groups is 2. The Morgan fingerprint density at radius 1 is 1.19 bits per heavy atom. The molecule has 0 aromatic heterocycles. The number of phenols is 1. The van der Waals surface area contributed by atoms with Crippen LogP contribution in [-0.2, 0) is 6.42 Å². The molecule has 2 aromatic rings. The summed E-state index contributed by atoms with van der Waals surface area (Å²) in [6.45, 7) is 7.38. The fourth-order valence-corrected chi connectivity index (χ4v) is 4.11. The zero-order valence-corrected chi connectivity index (χ0v) is 18.2. The SMILES string of the molecule is CC(C)=CCc1c(O)ccc2c1O[C@H](c1ccc3c(c1)[C@@H](O)[C@H](O)C(C)(C)O3)CC2=O. The van der Waals surface area contributed by atoms with Crippen molar-refractivity contribution < 1.29 is 29.6 Å². The molecule has 6 nitrogen and oxygen atoms in total. The molecule has 0 saturated carbocycles. The Morgan fingerprint density at radius 2 is 1.94 bits per heavy atom. The number of phenolic OH excluding ortho intramolecular Hbond substituents is 1. The third kappa shape index (κ3) is 3.82. The molecule has 3 atom stereocenters. The number of aromatic hydroxyl groups is 1. The third-order valence-electron chi connectivity index (χ3n) is 5.99. The van der Waals surface area contributed by atoms with Crippen LogP contribution in [0.5, 0.6) is 17.2 Å². The average Bonchev–Trinajstić information content (AvgIpc) is 2.70. The first-order valence-electron chi connectivity index (χ1n) is 10.5. The number of ether oxygens (including phenoxy) is 2. The quantitative estimate of drug-likeness (QED) is 0.640. The van der Waals surface area contributed by atoms with Gasteiger partial charge in [0.15, 0.2) is 5.78 Å². The van der Waals surface area contributed by atoms with E-state index in [1.807, 2.05) is 19.9 Å². The molecule has 31 heavy (non-hydrogen) atoms. The van der Waals surface area contributed by atoms with Crippen molar-refractivity contribution in [3.05, 3.63) is 64.2 Å². The standard InChI is InChI=1S/C25H28O6/c1-13(2)5-7-15-18(26)9-8-16-19(27)12-21(30-23(15)16)14-6-10-20-17(11-14)22(28)24(29)25(3,4)31-20/h5-6,8-11,21-22,24,26,28-29H,7,12H2,1-4H3/t21-,22+,24-/m0/s1. The molecule has 164 valence electrons. The molecular weight excluding hydrogens is 396 g/mol. The second kappa shape index (κ2) is 7.70. The number of fused-ring (bicyclic) bond motifs is 2. The van der Waals surface area contributed by atoms with Gasteiger partial charge < -0.3 is 24.8 Å². The Kier molecular flexibility index (Phi) is 5.31. The van der Waals surface area contributed by atoms with E-state index in [4.69, 9.17) is 9.47 Å². The van der Waals surface area contributed by atoms with Gasteiger partial charge in [-0.2, -0.15) is 0 Å². The van der Waals surface area contributed by atoms with Crippen molar-refractivity contribution >= 4 is 5.78 Å². The highest BCUT2D eigenvalue weighted by atomic mass is 16.5. The van der Waals surface area contributed by atoms with E-state index in [-0.39, 0.29) is 18.0 Å². The van der Waals surface area contributed by atoms with E-state index in [0.29, 0.717) is 40.2 Å². The molecular formula is C25H28O6. The summed E-state index contributed by atoms with van der Waals surface area (Å²) in [4.78, 5) is 12.9. The fraction of sp³-hybridized carbons (Fsp3) is 0.400. The molecule has 0 fully saturated rings. The van der Waals surface area contributed by atoms with E-state index < -0.39 is 23.9 Å². The van der Waals surface area contributed by atoms with Crippen LogP contribution in [0.25, 0.3) is 0 Å². The molecule has 0 spiro atoms. The van der Waals surface area contributed by atoms with Crippen LogP contribution in [0.4, 0.5) is 0 Å². The van der Waals surface area contributed by atoms with E-state index in [9.17, 15) is 20.1 Å². The molecule has 0 saturated heterocycles. The second-order valence-corrected chi connectivity index (χ2v) is 9.05. The molecule has 0 aliphatic carbocycles. The minimum absolute atomic E-state index is 0.0691. The van der Waals surface area contributed by atoms with Gasteiger partial charge in [-0.1, -0.05) is 17.7 Å². The predicted molar refractivity (Wildman–Crippen MR) is 116 cm³/mol. The third-order valence-corrected chi connectivity index (χ3v) is 5.99. The van der Waals surface area contributed by atoms with E-state index in [1.165, 1.54) is 6.07 Å². The molecule has 2 heterocycles. The number of benzene rings is 2. The molecule has 0 unspecified atom stereocenters. The Morgan fingerprint density at radius 3 is 2.65 bits per heavy atom. The number of allylic oxidation sites excluding steroid dienone is 2. The zero-order valence-electron chi connectivity index (χ0n) is 18.2. The van der Waals surface area contributed by atoms with Gasteiger partial charge in [-0.25, -0.2) is 0 Å². The highest BCUT2D eigenvalue weighted by Crippen LogP contribution is 2.44. The predicted octanol–water partition coefficient (Wildman–Crippen LogP) is 4.17. The normalized spacial score (nSPS) is 23.8. The number of carbonyl (C=O) groups excluding carboxylic acids is 1. The maximum Gasteiger partial charge on any atom is 0.170 e.